The third-order valence-electron chi connectivity index (χ3n) is 4.61. The van der Waals surface area contributed by atoms with Gasteiger partial charge in [-0.25, -0.2) is 0 Å². The highest BCUT2D eigenvalue weighted by molar-refractivity contribution is 6.31. The van der Waals surface area contributed by atoms with Crippen molar-refractivity contribution in [3.63, 3.8) is 0 Å². The average Bonchev–Trinajstić information content (AvgIpc) is 2.77. The average molecular weight is 439 g/mol. The van der Waals surface area contributed by atoms with E-state index in [2.05, 4.69) is 10.6 Å². The molecule has 0 aliphatic rings. The topological polar surface area (TPSA) is 76.7 Å². The van der Waals surface area contributed by atoms with Crippen LogP contribution in [0.1, 0.15) is 22.8 Å². The van der Waals surface area contributed by atoms with E-state index in [1.54, 1.807) is 62.6 Å². The first kappa shape index (κ1) is 22.2. The summed E-state index contributed by atoms with van der Waals surface area (Å²) in [6.45, 7) is 3.53. The van der Waals surface area contributed by atoms with Crippen LogP contribution in [0, 0.1) is 6.92 Å². The van der Waals surface area contributed by atoms with Gasteiger partial charge in [0.05, 0.1) is 12.8 Å². The zero-order valence-corrected chi connectivity index (χ0v) is 18.2. The Kier molecular flexibility index (Phi) is 7.15. The quantitative estimate of drug-likeness (QED) is 0.523. The number of halogens is 1. The van der Waals surface area contributed by atoms with Crippen molar-refractivity contribution in [2.75, 3.05) is 17.7 Å². The van der Waals surface area contributed by atoms with E-state index in [0.29, 0.717) is 33.5 Å². The van der Waals surface area contributed by atoms with Gasteiger partial charge in [-0.2, -0.15) is 0 Å². The number of methoxy groups -OCH3 is 1. The first-order valence-corrected chi connectivity index (χ1v) is 10.0. The number of hydrogen-bond donors (Lipinski definition) is 2. The van der Waals surface area contributed by atoms with Gasteiger partial charge in [-0.3, -0.25) is 9.59 Å². The van der Waals surface area contributed by atoms with Crippen LogP contribution in [0.2, 0.25) is 5.02 Å². The summed E-state index contributed by atoms with van der Waals surface area (Å²) in [6.07, 6.45) is -0.744. The van der Waals surface area contributed by atoms with Gasteiger partial charge < -0.3 is 20.1 Å². The van der Waals surface area contributed by atoms with Crippen LogP contribution in [0.15, 0.2) is 66.7 Å². The fraction of sp³-hybridized carbons (Fsp3) is 0.167. The number of anilines is 2. The fourth-order valence-electron chi connectivity index (χ4n) is 2.85. The third kappa shape index (κ3) is 5.77. The van der Waals surface area contributed by atoms with E-state index in [-0.39, 0.29) is 11.8 Å². The Morgan fingerprint density at radius 1 is 0.935 bits per heavy atom. The van der Waals surface area contributed by atoms with Crippen molar-refractivity contribution in [3.05, 3.63) is 82.9 Å². The van der Waals surface area contributed by atoms with E-state index in [1.165, 1.54) is 0 Å². The molecule has 0 saturated carbocycles. The zero-order chi connectivity index (χ0) is 22.4. The van der Waals surface area contributed by atoms with Crippen molar-refractivity contribution in [1.82, 2.24) is 0 Å². The molecule has 3 aromatic carbocycles. The van der Waals surface area contributed by atoms with Crippen molar-refractivity contribution in [2.45, 2.75) is 20.0 Å². The highest BCUT2D eigenvalue weighted by atomic mass is 35.5. The highest BCUT2D eigenvalue weighted by Crippen LogP contribution is 2.24. The molecule has 0 bridgehead atoms. The predicted molar refractivity (Wildman–Crippen MR) is 122 cm³/mol. The molecular formula is C24H23ClN2O4. The van der Waals surface area contributed by atoms with E-state index in [1.807, 2.05) is 25.1 Å². The summed E-state index contributed by atoms with van der Waals surface area (Å²) in [6, 6.07) is 19.0. The summed E-state index contributed by atoms with van der Waals surface area (Å²) in [7, 11) is 1.54. The van der Waals surface area contributed by atoms with Gasteiger partial charge in [-0.1, -0.05) is 29.8 Å². The van der Waals surface area contributed by atoms with Crippen LogP contribution >= 0.6 is 11.6 Å². The lowest BCUT2D eigenvalue weighted by Crippen LogP contribution is -2.30. The van der Waals surface area contributed by atoms with Gasteiger partial charge in [-0.15, -0.1) is 0 Å². The first-order chi connectivity index (χ1) is 14.9. The Balaban J connectivity index is 1.61. The lowest BCUT2D eigenvalue weighted by Gasteiger charge is -2.16. The zero-order valence-electron chi connectivity index (χ0n) is 17.4. The molecular weight excluding hydrogens is 416 g/mol. The van der Waals surface area contributed by atoms with E-state index in [0.717, 1.165) is 5.56 Å². The summed E-state index contributed by atoms with van der Waals surface area (Å²) in [5.74, 6) is 0.464. The SMILES string of the molecule is COc1ccccc1NC(=O)c1ccc(O[C@@H](C)C(=O)Nc2cc(Cl)ccc2C)cc1. The summed E-state index contributed by atoms with van der Waals surface area (Å²) in [5.41, 5.74) is 2.56. The van der Waals surface area contributed by atoms with E-state index < -0.39 is 6.10 Å². The molecule has 2 amide bonds. The molecule has 3 rings (SSSR count). The van der Waals surface area contributed by atoms with Gasteiger partial charge in [0.2, 0.25) is 0 Å². The molecule has 160 valence electrons. The molecule has 0 fully saturated rings. The van der Waals surface area contributed by atoms with E-state index in [9.17, 15) is 9.59 Å². The third-order valence-corrected chi connectivity index (χ3v) is 4.85. The van der Waals surface area contributed by atoms with Crippen LogP contribution in [-0.4, -0.2) is 25.0 Å². The number of hydrogen-bond acceptors (Lipinski definition) is 4. The minimum atomic E-state index is -0.744. The molecule has 0 saturated heterocycles. The van der Waals surface area contributed by atoms with Gasteiger partial charge in [0.25, 0.3) is 11.8 Å². The van der Waals surface area contributed by atoms with Gasteiger partial charge in [0.15, 0.2) is 6.10 Å². The smallest absolute Gasteiger partial charge is 0.265 e. The van der Waals surface area contributed by atoms with E-state index in [4.69, 9.17) is 21.1 Å². The van der Waals surface area contributed by atoms with Crippen LogP contribution in [0.25, 0.3) is 0 Å². The maximum Gasteiger partial charge on any atom is 0.265 e. The molecule has 0 aliphatic carbocycles. The Hall–Kier alpha value is -3.51. The molecule has 0 aliphatic heterocycles. The molecule has 0 radical (unpaired) electrons. The van der Waals surface area contributed by atoms with E-state index >= 15 is 0 Å². The van der Waals surface area contributed by atoms with Crippen LogP contribution in [-0.2, 0) is 4.79 Å². The van der Waals surface area contributed by atoms with Gasteiger partial charge >= 0.3 is 0 Å². The number of ether oxygens (including phenoxy) is 2. The lowest BCUT2D eigenvalue weighted by molar-refractivity contribution is -0.122. The highest BCUT2D eigenvalue weighted by Gasteiger charge is 2.16. The number of carbonyl (C=O) groups excluding carboxylic acids is 2. The second-order valence-corrected chi connectivity index (χ2v) is 7.32. The molecule has 0 spiro atoms. The number of amides is 2. The molecule has 0 unspecified atom stereocenters. The van der Waals surface area contributed by atoms with Crippen LogP contribution in [0.3, 0.4) is 0 Å². The Labute approximate surface area is 186 Å². The molecule has 3 aromatic rings. The monoisotopic (exact) mass is 438 g/mol. The Bertz CT molecular complexity index is 1080. The largest absolute Gasteiger partial charge is 0.495 e. The standard InChI is InChI=1S/C24H23ClN2O4/c1-15-8-11-18(25)14-21(15)27-23(28)16(2)31-19-12-9-17(10-13-19)24(29)26-20-6-4-5-7-22(20)30-3/h4-14,16H,1-3H3,(H,26,29)(H,27,28)/t16-/m0/s1. The van der Waals surface area contributed by atoms with Crippen LogP contribution in [0.4, 0.5) is 11.4 Å². The summed E-state index contributed by atoms with van der Waals surface area (Å²) >= 11 is 6.00. The van der Waals surface area contributed by atoms with Gasteiger partial charge in [0.1, 0.15) is 11.5 Å². The maximum absolute atomic E-state index is 12.5. The number of benzene rings is 3. The molecule has 6 nitrogen and oxygen atoms in total. The van der Waals surface area contributed by atoms with Gasteiger partial charge in [-0.05, 0) is 67.9 Å². The number of aryl methyl sites for hydroxylation is 1. The van der Waals surface area contributed by atoms with Crippen molar-refractivity contribution in [1.29, 1.82) is 0 Å². The first-order valence-electron chi connectivity index (χ1n) is 9.65. The molecule has 31 heavy (non-hydrogen) atoms. The second-order valence-electron chi connectivity index (χ2n) is 6.89. The van der Waals surface area contributed by atoms with Crippen molar-refractivity contribution in [3.8, 4) is 11.5 Å². The van der Waals surface area contributed by atoms with Gasteiger partial charge in [0, 0.05) is 16.3 Å². The molecule has 0 aromatic heterocycles. The van der Waals surface area contributed by atoms with Crippen LogP contribution in [0.5, 0.6) is 11.5 Å². The van der Waals surface area contributed by atoms with Crippen molar-refractivity contribution < 1.29 is 19.1 Å². The van der Waals surface area contributed by atoms with Crippen LogP contribution < -0.4 is 20.1 Å². The predicted octanol–water partition coefficient (Wildman–Crippen LogP) is 5.32. The number of nitrogens with one attached hydrogen (secondary N) is 2. The lowest BCUT2D eigenvalue weighted by atomic mass is 10.2. The number of carbonyl (C=O) groups is 2. The molecule has 2 N–H and O–H groups in total. The number of rotatable bonds is 7. The Morgan fingerprint density at radius 3 is 2.35 bits per heavy atom. The summed E-state index contributed by atoms with van der Waals surface area (Å²) in [4.78, 5) is 25.0. The fourth-order valence-corrected chi connectivity index (χ4v) is 3.02. The summed E-state index contributed by atoms with van der Waals surface area (Å²) in [5, 5.41) is 6.17. The minimum absolute atomic E-state index is 0.279. The molecule has 7 heteroatoms. The summed E-state index contributed by atoms with van der Waals surface area (Å²) < 4.78 is 11.0. The maximum atomic E-state index is 12.5. The minimum Gasteiger partial charge on any atom is -0.495 e. The number of para-hydroxylation sites is 2. The van der Waals surface area contributed by atoms with Crippen molar-refractivity contribution in [2.24, 2.45) is 0 Å². The molecule has 1 atom stereocenters. The normalized spacial score (nSPS) is 11.4. The molecule has 0 heterocycles. The second kappa shape index (κ2) is 10.00. The Morgan fingerprint density at radius 2 is 1.65 bits per heavy atom. The van der Waals surface area contributed by atoms with Crippen molar-refractivity contribution >= 4 is 34.8 Å².